The van der Waals surface area contributed by atoms with Crippen LogP contribution in [-0.4, -0.2) is 34.9 Å². The Labute approximate surface area is 296 Å². The van der Waals surface area contributed by atoms with Crippen molar-refractivity contribution < 1.29 is 23.3 Å². The normalized spacial score (nSPS) is 18.8. The summed E-state index contributed by atoms with van der Waals surface area (Å²) in [6.07, 6.45) is -2.64. The first-order valence-electron chi connectivity index (χ1n) is 16.6. The van der Waals surface area contributed by atoms with E-state index < -0.39 is 30.2 Å². The van der Waals surface area contributed by atoms with E-state index in [0.29, 0.717) is 42.0 Å². The van der Waals surface area contributed by atoms with Gasteiger partial charge < -0.3 is 24.3 Å². The molecule has 1 saturated heterocycles. The summed E-state index contributed by atoms with van der Waals surface area (Å²) in [5.41, 5.74) is 4.83. The zero-order chi connectivity index (χ0) is 34.1. The van der Waals surface area contributed by atoms with Crippen molar-refractivity contribution in [3.63, 3.8) is 0 Å². The van der Waals surface area contributed by atoms with Crippen molar-refractivity contribution in [1.82, 2.24) is 9.97 Å². The first-order valence-corrected chi connectivity index (χ1v) is 17.0. The van der Waals surface area contributed by atoms with Crippen LogP contribution in [0.1, 0.15) is 33.9 Å². The van der Waals surface area contributed by atoms with E-state index in [1.54, 1.807) is 6.07 Å². The molecule has 7 rings (SSSR count). The maximum atomic E-state index is 16.4. The Hall–Kier alpha value is -4.70. The zero-order valence-electron chi connectivity index (χ0n) is 27.3. The smallest absolute Gasteiger partial charge is 0.224 e. The summed E-state index contributed by atoms with van der Waals surface area (Å²) in [5.74, 6) is -0.0352. The van der Waals surface area contributed by atoms with Gasteiger partial charge in [0.15, 0.2) is 0 Å². The molecule has 0 saturated carbocycles. The molecule has 50 heavy (non-hydrogen) atoms. The number of benzene rings is 5. The maximum Gasteiger partial charge on any atom is 0.224 e. The Kier molecular flexibility index (Phi) is 11.0. The van der Waals surface area contributed by atoms with Gasteiger partial charge in [-0.1, -0.05) is 121 Å². The van der Waals surface area contributed by atoms with Crippen molar-refractivity contribution in [1.29, 1.82) is 0 Å². The molecule has 5 aromatic carbocycles. The topological polar surface area (TPSA) is 74.7 Å². The van der Waals surface area contributed by atoms with Gasteiger partial charge in [-0.3, -0.25) is 0 Å². The molecule has 0 spiro atoms. The first kappa shape index (κ1) is 33.8. The van der Waals surface area contributed by atoms with Crippen LogP contribution in [0.25, 0.3) is 10.9 Å². The molecule has 1 fully saturated rings. The molecule has 1 aromatic heterocycles. The molecule has 0 bridgehead atoms. The minimum Gasteiger partial charge on any atom is -0.374 e. The van der Waals surface area contributed by atoms with Crippen molar-refractivity contribution in [3.05, 3.63) is 172 Å². The second-order valence-corrected chi connectivity index (χ2v) is 12.5. The summed E-state index contributed by atoms with van der Waals surface area (Å²) in [6, 6.07) is 42.7. The predicted octanol–water partition coefficient (Wildman–Crippen LogP) is 8.86. The number of hydrogen-bond acceptors (Lipinski definition) is 7. The van der Waals surface area contributed by atoms with Crippen molar-refractivity contribution in [3.8, 4) is 0 Å². The minimum absolute atomic E-state index is 0.0473. The van der Waals surface area contributed by atoms with Crippen LogP contribution < -0.4 is 5.32 Å². The minimum atomic E-state index is -0.830. The quantitative estimate of drug-likeness (QED) is 0.115. The van der Waals surface area contributed by atoms with E-state index in [2.05, 4.69) is 15.3 Å². The van der Waals surface area contributed by atoms with E-state index in [-0.39, 0.29) is 18.5 Å². The highest BCUT2D eigenvalue weighted by Gasteiger charge is 2.48. The zero-order valence-corrected chi connectivity index (χ0v) is 28.1. The highest BCUT2D eigenvalue weighted by atomic mass is 35.5. The fraction of sp³-hybridized carbons (Fsp3) is 0.220. The van der Waals surface area contributed by atoms with E-state index in [4.69, 9.17) is 30.5 Å². The van der Waals surface area contributed by atoms with Gasteiger partial charge in [0.2, 0.25) is 5.28 Å². The third-order valence-corrected chi connectivity index (χ3v) is 8.84. The molecule has 1 aliphatic rings. The highest BCUT2D eigenvalue weighted by molar-refractivity contribution is 6.28. The van der Waals surface area contributed by atoms with Crippen LogP contribution in [-0.2, 0) is 45.3 Å². The molecule has 0 radical (unpaired) electrons. The van der Waals surface area contributed by atoms with E-state index >= 15 is 4.39 Å². The maximum absolute atomic E-state index is 16.4. The molecule has 1 unspecified atom stereocenters. The summed E-state index contributed by atoms with van der Waals surface area (Å²) >= 11 is 6.41. The van der Waals surface area contributed by atoms with E-state index in [1.165, 1.54) is 6.07 Å². The lowest BCUT2D eigenvalue weighted by Gasteiger charge is -2.25. The van der Waals surface area contributed by atoms with Crippen LogP contribution in [0.5, 0.6) is 0 Å². The van der Waals surface area contributed by atoms with Crippen molar-refractivity contribution in [2.45, 2.75) is 50.8 Å². The average molecular weight is 690 g/mol. The SMILES string of the molecule is Fc1cc2c(NCc3ccccc3)nc(Cl)nc2cc1C1O[C@H](COCc2ccccc2)[C@@H](OCc2ccccc2)[C@H]1OCc1ccccc1. The number of ether oxygens (including phenoxy) is 4. The third kappa shape index (κ3) is 8.35. The lowest BCUT2D eigenvalue weighted by Crippen LogP contribution is -2.38. The first-order chi connectivity index (χ1) is 24.6. The van der Waals surface area contributed by atoms with Crippen LogP contribution in [0.15, 0.2) is 133 Å². The molecule has 254 valence electrons. The molecular formula is C41H37ClFN3O4. The predicted molar refractivity (Wildman–Crippen MR) is 192 cm³/mol. The number of nitrogens with zero attached hydrogens (tertiary/aromatic N) is 2. The van der Waals surface area contributed by atoms with Gasteiger partial charge in [-0.25, -0.2) is 14.4 Å². The van der Waals surface area contributed by atoms with Gasteiger partial charge in [-0.15, -0.1) is 0 Å². The monoisotopic (exact) mass is 689 g/mol. The summed E-state index contributed by atoms with van der Waals surface area (Å²) in [7, 11) is 0. The number of anilines is 1. The average Bonchev–Trinajstić information content (AvgIpc) is 3.50. The number of halogens is 2. The van der Waals surface area contributed by atoms with Gasteiger partial charge >= 0.3 is 0 Å². The molecule has 4 atom stereocenters. The Balaban J connectivity index is 1.21. The summed E-state index contributed by atoms with van der Waals surface area (Å²) in [5, 5.41) is 3.85. The standard InChI is InChI=1S/C41H37ClFN3O4/c42-41-45-35-22-32(34(43)21-33(35)40(46-41)44-23-28-13-5-1-6-14-28)37-39(49-26-31-19-11-4-12-20-31)38(48-25-30-17-9-3-10-18-30)36(50-37)27-47-24-29-15-7-2-8-16-29/h1-22,36-39H,23-27H2,(H,44,45,46)/t36-,37?,38-,39+/m1/s1. The van der Waals surface area contributed by atoms with E-state index in [1.807, 2.05) is 121 Å². The number of hydrogen-bond donors (Lipinski definition) is 1. The largest absolute Gasteiger partial charge is 0.374 e. The lowest BCUT2D eigenvalue weighted by atomic mass is 9.99. The van der Waals surface area contributed by atoms with Crippen LogP contribution in [0.2, 0.25) is 5.28 Å². The Morgan fingerprint density at radius 2 is 1.20 bits per heavy atom. The second-order valence-electron chi connectivity index (χ2n) is 12.2. The molecule has 0 aliphatic carbocycles. The van der Waals surface area contributed by atoms with Crippen LogP contribution in [0.3, 0.4) is 0 Å². The van der Waals surface area contributed by atoms with Crippen molar-refractivity contribution >= 4 is 28.3 Å². The lowest BCUT2D eigenvalue weighted by molar-refractivity contribution is -0.0898. The van der Waals surface area contributed by atoms with Gasteiger partial charge in [0.1, 0.15) is 36.1 Å². The van der Waals surface area contributed by atoms with E-state index in [0.717, 1.165) is 22.3 Å². The van der Waals surface area contributed by atoms with Crippen molar-refractivity contribution in [2.24, 2.45) is 0 Å². The number of nitrogens with one attached hydrogen (secondary N) is 1. The van der Waals surface area contributed by atoms with E-state index in [9.17, 15) is 0 Å². The molecule has 2 heterocycles. The Morgan fingerprint density at radius 3 is 1.80 bits per heavy atom. The highest BCUT2D eigenvalue weighted by Crippen LogP contribution is 2.41. The van der Waals surface area contributed by atoms with Gasteiger partial charge in [-0.05, 0) is 46.0 Å². The molecule has 1 aliphatic heterocycles. The molecule has 1 N–H and O–H groups in total. The van der Waals surface area contributed by atoms with Crippen LogP contribution in [0, 0.1) is 5.82 Å². The van der Waals surface area contributed by atoms with Crippen molar-refractivity contribution in [2.75, 3.05) is 11.9 Å². The second kappa shape index (κ2) is 16.3. The number of fused-ring (bicyclic) bond motifs is 1. The van der Waals surface area contributed by atoms with Crippen LogP contribution >= 0.6 is 11.6 Å². The third-order valence-electron chi connectivity index (χ3n) is 8.67. The molecule has 6 aromatic rings. The Morgan fingerprint density at radius 1 is 0.660 bits per heavy atom. The Bertz CT molecular complexity index is 1970. The molecule has 7 nitrogen and oxygen atoms in total. The van der Waals surface area contributed by atoms with Crippen LogP contribution in [0.4, 0.5) is 10.2 Å². The summed E-state index contributed by atoms with van der Waals surface area (Å²) in [6.45, 7) is 1.70. The summed E-state index contributed by atoms with van der Waals surface area (Å²) < 4.78 is 42.5. The molecule has 0 amide bonds. The molecular weight excluding hydrogens is 653 g/mol. The van der Waals surface area contributed by atoms with Gasteiger partial charge in [-0.2, -0.15) is 0 Å². The van der Waals surface area contributed by atoms with Gasteiger partial charge in [0.25, 0.3) is 0 Å². The van der Waals surface area contributed by atoms with Gasteiger partial charge in [0, 0.05) is 17.5 Å². The fourth-order valence-electron chi connectivity index (χ4n) is 6.17. The van der Waals surface area contributed by atoms with Gasteiger partial charge in [0.05, 0.1) is 31.9 Å². The fourth-order valence-corrected chi connectivity index (χ4v) is 6.34. The molecule has 9 heteroatoms. The number of aromatic nitrogens is 2. The number of rotatable bonds is 14. The summed E-state index contributed by atoms with van der Waals surface area (Å²) in [4.78, 5) is 8.86.